The van der Waals surface area contributed by atoms with Crippen molar-refractivity contribution in [1.29, 1.82) is 0 Å². The highest BCUT2D eigenvalue weighted by atomic mass is 35.5. The normalized spacial score (nSPS) is 10.6. The second-order valence-electron chi connectivity index (χ2n) is 2.83. The van der Waals surface area contributed by atoms with Crippen LogP contribution in [-0.2, 0) is 27.7 Å². The molecular weight excluding hydrogens is 324 g/mol. The number of likely N-dealkylation sites (N-methyl/N-ethyl adjacent to an activating group) is 1. The van der Waals surface area contributed by atoms with Gasteiger partial charge in [-0.3, -0.25) is 13.8 Å². The molecule has 0 unspecified atom stereocenters. The predicted octanol–water partition coefficient (Wildman–Crippen LogP) is 2.28. The van der Waals surface area contributed by atoms with Crippen LogP contribution in [0.3, 0.4) is 0 Å². The van der Waals surface area contributed by atoms with E-state index in [0.717, 1.165) is 28.4 Å². The van der Waals surface area contributed by atoms with E-state index in [1.807, 2.05) is 0 Å². The number of phosphoric ester groups is 1. The van der Waals surface area contributed by atoms with Gasteiger partial charge in [-0.2, -0.15) is 0 Å². The predicted molar refractivity (Wildman–Crippen MR) is 66.6 cm³/mol. The van der Waals surface area contributed by atoms with Crippen LogP contribution in [0.15, 0.2) is 10.3 Å². The fourth-order valence-corrected chi connectivity index (χ4v) is 1.82. The molecule has 110 valence electrons. The van der Waals surface area contributed by atoms with Gasteiger partial charge in [0.1, 0.15) is 0 Å². The van der Waals surface area contributed by atoms with Crippen LogP contribution in [-0.4, -0.2) is 45.3 Å². The largest absolute Gasteiger partial charge is 0.529 e. The lowest BCUT2D eigenvalue weighted by Gasteiger charge is -2.19. The molecule has 2 amide bonds. The highest BCUT2D eigenvalue weighted by Gasteiger charge is 2.33. The minimum atomic E-state index is -4.05. The number of phosphoric acid groups is 1. The zero-order valence-electron chi connectivity index (χ0n) is 10.5. The van der Waals surface area contributed by atoms with Crippen molar-refractivity contribution in [3.8, 4) is 0 Å². The van der Waals surface area contributed by atoms with Crippen molar-refractivity contribution < 1.29 is 32.5 Å². The zero-order chi connectivity index (χ0) is 15.2. The molecule has 0 aromatic heterocycles. The zero-order valence-corrected chi connectivity index (χ0v) is 12.9. The summed E-state index contributed by atoms with van der Waals surface area (Å²) in [5, 5.41) is 0. The summed E-state index contributed by atoms with van der Waals surface area (Å²) in [5.41, 5.74) is 0. The summed E-state index contributed by atoms with van der Waals surface area (Å²) in [6, 6.07) is 0. The molecule has 0 aliphatic carbocycles. The van der Waals surface area contributed by atoms with Gasteiger partial charge in [-0.05, 0) is 0 Å². The molecule has 0 saturated heterocycles. The summed E-state index contributed by atoms with van der Waals surface area (Å²) in [4.78, 5) is 23.5. The average molecular weight is 336 g/mol. The van der Waals surface area contributed by atoms with E-state index in [4.69, 9.17) is 27.7 Å². The lowest BCUT2D eigenvalue weighted by atomic mass is 10.5. The van der Waals surface area contributed by atoms with Crippen molar-refractivity contribution in [2.24, 2.45) is 0 Å². The highest BCUT2D eigenvalue weighted by molar-refractivity contribution is 7.48. The summed E-state index contributed by atoms with van der Waals surface area (Å²) in [5.74, 6) is -1.86. The van der Waals surface area contributed by atoms with Gasteiger partial charge < -0.3 is 9.26 Å². The fraction of sp³-hybridized carbons (Fsp3) is 0.500. The Labute approximate surface area is 119 Å². The molecule has 8 nitrogen and oxygen atoms in total. The van der Waals surface area contributed by atoms with Gasteiger partial charge in [0.05, 0.1) is 7.11 Å². The third-order valence-corrected chi connectivity index (χ3v) is 3.41. The Balaban J connectivity index is 5.29. The van der Waals surface area contributed by atoms with E-state index in [1.165, 1.54) is 0 Å². The smallest absolute Gasteiger partial charge is 0.452 e. The minimum Gasteiger partial charge on any atom is -0.452 e. The van der Waals surface area contributed by atoms with Crippen LogP contribution in [0, 0.1) is 0 Å². The number of amides is 2. The second-order valence-corrected chi connectivity index (χ2v) is 5.58. The average Bonchev–Trinajstić information content (AvgIpc) is 2.41. The van der Waals surface area contributed by atoms with Crippen LogP contribution < -0.4 is 0 Å². The third kappa shape index (κ3) is 5.00. The Kier molecular flexibility index (Phi) is 7.39. The van der Waals surface area contributed by atoms with Crippen molar-refractivity contribution >= 4 is 43.0 Å². The molecule has 0 rings (SSSR count). The van der Waals surface area contributed by atoms with Crippen molar-refractivity contribution in [1.82, 2.24) is 4.90 Å². The van der Waals surface area contributed by atoms with E-state index in [9.17, 15) is 14.2 Å². The van der Waals surface area contributed by atoms with Gasteiger partial charge in [0.25, 0.3) is 0 Å². The van der Waals surface area contributed by atoms with Crippen LogP contribution in [0.2, 0.25) is 0 Å². The van der Waals surface area contributed by atoms with Gasteiger partial charge in [-0.25, -0.2) is 14.3 Å². The third-order valence-electron chi connectivity index (χ3n) is 1.77. The monoisotopic (exact) mass is 335 g/mol. The van der Waals surface area contributed by atoms with Gasteiger partial charge in [-0.1, -0.05) is 23.2 Å². The number of rotatable bonds is 5. The van der Waals surface area contributed by atoms with E-state index in [0.29, 0.717) is 4.90 Å². The van der Waals surface area contributed by atoms with E-state index in [2.05, 4.69) is 13.8 Å². The number of carbonyl (C=O) groups is 2. The number of imide groups is 1. The van der Waals surface area contributed by atoms with Crippen molar-refractivity contribution in [2.45, 2.75) is 0 Å². The van der Waals surface area contributed by atoms with Crippen LogP contribution in [0.1, 0.15) is 0 Å². The SMILES string of the molecule is COC(=O)N(C)C(=O)C(OP(=O)(OC)OC)=C(Cl)Cl. The summed E-state index contributed by atoms with van der Waals surface area (Å²) in [6.45, 7) is 0. The van der Waals surface area contributed by atoms with Crippen LogP contribution in [0.4, 0.5) is 4.79 Å². The number of carbonyl (C=O) groups excluding carboxylic acids is 2. The van der Waals surface area contributed by atoms with Crippen molar-refractivity contribution in [3.63, 3.8) is 0 Å². The number of hydrogen-bond acceptors (Lipinski definition) is 7. The highest BCUT2D eigenvalue weighted by Crippen LogP contribution is 2.50. The molecule has 0 aliphatic rings. The Morgan fingerprint density at radius 2 is 1.58 bits per heavy atom. The number of halogens is 2. The summed E-state index contributed by atoms with van der Waals surface area (Å²) in [7, 11) is 0.148. The summed E-state index contributed by atoms with van der Waals surface area (Å²) >= 11 is 10.9. The molecule has 0 radical (unpaired) electrons. The minimum absolute atomic E-state index is 0.510. The van der Waals surface area contributed by atoms with Gasteiger partial charge in [0, 0.05) is 21.3 Å². The lowest BCUT2D eigenvalue weighted by molar-refractivity contribution is -0.126. The van der Waals surface area contributed by atoms with Gasteiger partial charge in [-0.15, -0.1) is 0 Å². The number of ether oxygens (including phenoxy) is 1. The first-order chi connectivity index (χ1) is 8.72. The molecule has 0 saturated carbocycles. The second kappa shape index (κ2) is 7.72. The standard InChI is InChI=1S/C8H12Cl2NO7P/c1-11(8(13)15-2)7(12)5(6(9)10)18-19(14,16-3)17-4/h1-4H3. The molecule has 19 heavy (non-hydrogen) atoms. The molecule has 0 atom stereocenters. The molecule has 0 heterocycles. The lowest BCUT2D eigenvalue weighted by Crippen LogP contribution is -2.34. The first kappa shape index (κ1) is 18.2. The molecule has 11 heteroatoms. The summed E-state index contributed by atoms with van der Waals surface area (Å²) in [6.07, 6.45) is -0.995. The fourth-order valence-electron chi connectivity index (χ4n) is 0.787. The van der Waals surface area contributed by atoms with E-state index >= 15 is 0 Å². The molecule has 0 N–H and O–H groups in total. The number of hydrogen-bond donors (Lipinski definition) is 0. The maximum atomic E-state index is 11.8. The molecule has 0 spiro atoms. The number of methoxy groups -OCH3 is 1. The van der Waals surface area contributed by atoms with Crippen molar-refractivity contribution in [2.75, 3.05) is 28.4 Å². The molecular formula is C8H12Cl2NO7P. The topological polar surface area (TPSA) is 91.4 Å². The Hall–Kier alpha value is -0.790. The van der Waals surface area contributed by atoms with E-state index in [-0.39, 0.29) is 0 Å². The van der Waals surface area contributed by atoms with Crippen LogP contribution >= 0.6 is 31.0 Å². The molecule has 0 aliphatic heterocycles. The van der Waals surface area contributed by atoms with Gasteiger partial charge in [0.2, 0.25) is 5.76 Å². The first-order valence-electron chi connectivity index (χ1n) is 4.54. The van der Waals surface area contributed by atoms with Gasteiger partial charge in [0.15, 0.2) is 4.49 Å². The molecule has 0 aromatic carbocycles. The summed E-state index contributed by atoms with van der Waals surface area (Å²) < 4.78 is 29.0. The molecule has 0 aromatic rings. The van der Waals surface area contributed by atoms with E-state index in [1.54, 1.807) is 0 Å². The van der Waals surface area contributed by atoms with Gasteiger partial charge >= 0.3 is 19.8 Å². The molecule has 0 fully saturated rings. The maximum Gasteiger partial charge on any atom is 0.529 e. The van der Waals surface area contributed by atoms with Crippen molar-refractivity contribution in [3.05, 3.63) is 10.3 Å². The first-order valence-corrected chi connectivity index (χ1v) is 6.76. The Morgan fingerprint density at radius 3 is 1.89 bits per heavy atom. The maximum absolute atomic E-state index is 11.8. The molecule has 0 bridgehead atoms. The Bertz CT molecular complexity index is 427. The van der Waals surface area contributed by atoms with Crippen LogP contribution in [0.5, 0.6) is 0 Å². The van der Waals surface area contributed by atoms with Crippen LogP contribution in [0.25, 0.3) is 0 Å². The Morgan fingerprint density at radius 1 is 1.11 bits per heavy atom. The number of nitrogens with zero attached hydrogens (tertiary/aromatic N) is 1. The van der Waals surface area contributed by atoms with E-state index < -0.39 is 30.1 Å². The quantitative estimate of drug-likeness (QED) is 0.432.